The fraction of sp³-hybridized carbons (Fsp3) is 0.667. The Balaban J connectivity index is 1.54. The van der Waals surface area contributed by atoms with Crippen LogP contribution in [0.3, 0.4) is 0 Å². The lowest BCUT2D eigenvalue weighted by molar-refractivity contribution is -0.117. The van der Waals surface area contributed by atoms with Crippen LogP contribution in [0.25, 0.3) is 0 Å². The van der Waals surface area contributed by atoms with E-state index in [1.54, 1.807) is 23.5 Å². The molecule has 0 spiro atoms. The topological polar surface area (TPSA) is 91.4 Å². The van der Waals surface area contributed by atoms with Gasteiger partial charge in [-0.1, -0.05) is 30.9 Å². The van der Waals surface area contributed by atoms with Gasteiger partial charge in [0.25, 0.3) is 10.2 Å². The summed E-state index contributed by atoms with van der Waals surface area (Å²) in [6, 6.07) is 3.29. The number of amides is 1. The van der Waals surface area contributed by atoms with Crippen molar-refractivity contribution in [1.82, 2.24) is 13.5 Å². The average molecular weight is 489 g/mol. The summed E-state index contributed by atoms with van der Waals surface area (Å²) in [6.45, 7) is 1.87. The van der Waals surface area contributed by atoms with E-state index in [4.69, 9.17) is 21.1 Å². The van der Waals surface area contributed by atoms with Gasteiger partial charge in [-0.15, -0.1) is 0 Å². The lowest BCUT2D eigenvalue weighted by atomic mass is 9.96. The summed E-state index contributed by atoms with van der Waals surface area (Å²) in [4.78, 5) is 14.6. The Bertz CT molecular complexity index is 900. The summed E-state index contributed by atoms with van der Waals surface area (Å²) < 4.78 is 39.6. The number of rotatable bonds is 8. The minimum absolute atomic E-state index is 0.0869. The van der Waals surface area contributed by atoms with Crippen molar-refractivity contribution in [3.8, 4) is 11.5 Å². The maximum absolute atomic E-state index is 13.0. The van der Waals surface area contributed by atoms with Gasteiger partial charge < -0.3 is 14.8 Å². The first-order valence-electron chi connectivity index (χ1n) is 10.9. The molecule has 1 aromatic carbocycles. The second-order valence-corrected chi connectivity index (χ2v) is 10.6. The second kappa shape index (κ2) is 11.0. The zero-order valence-electron chi connectivity index (χ0n) is 19.0. The average Bonchev–Trinajstić information content (AvgIpc) is 2.80. The maximum atomic E-state index is 13.0. The van der Waals surface area contributed by atoms with Crippen LogP contribution in [0.5, 0.6) is 11.5 Å². The number of ether oxygens (including phenoxy) is 2. The summed E-state index contributed by atoms with van der Waals surface area (Å²) in [6.07, 6.45) is 5.19. The van der Waals surface area contributed by atoms with Crippen molar-refractivity contribution in [1.29, 1.82) is 0 Å². The minimum atomic E-state index is -3.49. The molecule has 1 amide bonds. The number of nitrogens with zero attached hydrogens (tertiary/aromatic N) is 3. The highest BCUT2D eigenvalue weighted by Crippen LogP contribution is 2.35. The van der Waals surface area contributed by atoms with E-state index in [-0.39, 0.29) is 18.5 Å². The number of methoxy groups -OCH3 is 2. The number of carbonyl (C=O) groups is 1. The van der Waals surface area contributed by atoms with E-state index < -0.39 is 10.2 Å². The van der Waals surface area contributed by atoms with E-state index in [0.29, 0.717) is 48.4 Å². The van der Waals surface area contributed by atoms with E-state index in [9.17, 15) is 13.2 Å². The third-order valence-corrected chi connectivity index (χ3v) is 8.56. The molecule has 1 aromatic rings. The molecule has 1 aliphatic carbocycles. The number of anilines is 1. The van der Waals surface area contributed by atoms with Gasteiger partial charge in [0.1, 0.15) is 11.5 Å². The molecule has 2 fully saturated rings. The quantitative estimate of drug-likeness (QED) is 0.604. The highest BCUT2D eigenvalue weighted by molar-refractivity contribution is 7.86. The first-order chi connectivity index (χ1) is 15.3. The standard InChI is InChI=1S/C21H33ClN4O5S/c1-24(16-7-5-4-6-8-16)32(28,29)26-11-9-25(10-12-26)15-21(27)23-18-14-19(30-2)17(22)13-20(18)31-3/h13-14,16H,4-12,15H2,1-3H3,(H,23,27). The predicted molar refractivity (Wildman–Crippen MR) is 125 cm³/mol. The molecule has 1 saturated carbocycles. The van der Waals surface area contributed by atoms with E-state index in [1.165, 1.54) is 24.9 Å². The summed E-state index contributed by atoms with van der Waals surface area (Å²) >= 11 is 6.11. The van der Waals surface area contributed by atoms with E-state index in [1.807, 2.05) is 4.90 Å². The smallest absolute Gasteiger partial charge is 0.282 e. The Morgan fingerprint density at radius 1 is 1.09 bits per heavy atom. The largest absolute Gasteiger partial charge is 0.495 e. The molecule has 0 atom stereocenters. The van der Waals surface area contributed by atoms with Gasteiger partial charge in [-0.2, -0.15) is 17.0 Å². The van der Waals surface area contributed by atoms with Crippen LogP contribution in [0.1, 0.15) is 32.1 Å². The van der Waals surface area contributed by atoms with Crippen molar-refractivity contribution >= 4 is 33.4 Å². The molecule has 180 valence electrons. The van der Waals surface area contributed by atoms with Crippen LogP contribution in [0, 0.1) is 0 Å². The molecule has 0 bridgehead atoms. The first-order valence-corrected chi connectivity index (χ1v) is 12.7. The molecule has 32 heavy (non-hydrogen) atoms. The van der Waals surface area contributed by atoms with E-state index in [2.05, 4.69) is 5.32 Å². The van der Waals surface area contributed by atoms with Gasteiger partial charge in [0.2, 0.25) is 5.91 Å². The van der Waals surface area contributed by atoms with Gasteiger partial charge in [0, 0.05) is 51.4 Å². The lowest BCUT2D eigenvalue weighted by Crippen LogP contribution is -2.55. The molecule has 3 rings (SSSR count). The summed E-state index contributed by atoms with van der Waals surface area (Å²) in [7, 11) is 1.20. The Hall–Kier alpha value is -1.59. The molecule has 0 aromatic heterocycles. The van der Waals surface area contributed by atoms with Crippen LogP contribution in [0.4, 0.5) is 5.69 Å². The fourth-order valence-corrected chi connectivity index (χ4v) is 6.09. The number of hydrogen-bond donors (Lipinski definition) is 1. The zero-order valence-corrected chi connectivity index (χ0v) is 20.5. The first kappa shape index (κ1) is 25.0. The number of hydrogen-bond acceptors (Lipinski definition) is 6. The number of halogens is 1. The number of piperazine rings is 1. The summed E-state index contributed by atoms with van der Waals surface area (Å²) in [5.74, 6) is 0.651. The lowest BCUT2D eigenvalue weighted by Gasteiger charge is -2.38. The van der Waals surface area contributed by atoms with Crippen LogP contribution in [0.15, 0.2) is 12.1 Å². The molecule has 1 saturated heterocycles. The number of carbonyl (C=O) groups excluding carboxylic acids is 1. The van der Waals surface area contributed by atoms with Gasteiger partial charge in [0.15, 0.2) is 0 Å². The van der Waals surface area contributed by atoms with Crippen LogP contribution < -0.4 is 14.8 Å². The third kappa shape index (κ3) is 5.85. The van der Waals surface area contributed by atoms with Gasteiger partial charge in [-0.3, -0.25) is 9.69 Å². The molecule has 9 nitrogen and oxygen atoms in total. The fourth-order valence-electron chi connectivity index (χ4n) is 4.28. The van der Waals surface area contributed by atoms with Crippen molar-refractivity contribution in [2.75, 3.05) is 59.3 Å². The van der Waals surface area contributed by atoms with Crippen LogP contribution in [-0.4, -0.2) is 87.9 Å². The number of nitrogens with one attached hydrogen (secondary N) is 1. The van der Waals surface area contributed by atoms with Crippen molar-refractivity contribution < 1.29 is 22.7 Å². The minimum Gasteiger partial charge on any atom is -0.495 e. The van der Waals surface area contributed by atoms with Crippen LogP contribution >= 0.6 is 11.6 Å². The van der Waals surface area contributed by atoms with Gasteiger partial charge in [-0.05, 0) is 12.8 Å². The molecular weight excluding hydrogens is 456 g/mol. The van der Waals surface area contributed by atoms with Gasteiger partial charge >= 0.3 is 0 Å². The Kier molecular flexibility index (Phi) is 8.62. The van der Waals surface area contributed by atoms with Crippen LogP contribution in [-0.2, 0) is 15.0 Å². The molecule has 0 radical (unpaired) electrons. The molecule has 1 aliphatic heterocycles. The highest BCUT2D eigenvalue weighted by Gasteiger charge is 2.34. The van der Waals surface area contributed by atoms with Crippen molar-refractivity contribution in [3.63, 3.8) is 0 Å². The maximum Gasteiger partial charge on any atom is 0.282 e. The molecule has 1 heterocycles. The summed E-state index contributed by atoms with van der Waals surface area (Å²) in [5, 5.41) is 3.22. The molecule has 2 aliphatic rings. The highest BCUT2D eigenvalue weighted by atomic mass is 35.5. The van der Waals surface area contributed by atoms with Crippen LogP contribution in [0.2, 0.25) is 5.02 Å². The van der Waals surface area contributed by atoms with Gasteiger partial charge in [-0.25, -0.2) is 0 Å². The van der Waals surface area contributed by atoms with Gasteiger partial charge in [0.05, 0.1) is 31.5 Å². The third-order valence-electron chi connectivity index (χ3n) is 6.23. The van der Waals surface area contributed by atoms with E-state index in [0.717, 1.165) is 25.7 Å². The zero-order chi connectivity index (χ0) is 23.3. The molecule has 0 unspecified atom stereocenters. The SMILES string of the molecule is COc1cc(NC(=O)CN2CCN(S(=O)(=O)N(C)C3CCCCC3)CC2)c(OC)cc1Cl. The number of benzene rings is 1. The molecule has 11 heteroatoms. The Morgan fingerprint density at radius 3 is 2.31 bits per heavy atom. The van der Waals surface area contributed by atoms with Crippen molar-refractivity contribution in [2.45, 2.75) is 38.1 Å². The molecular formula is C21H33ClN4O5S. The Labute approximate surface area is 195 Å². The predicted octanol–water partition coefficient (Wildman–Crippen LogP) is 2.42. The second-order valence-electron chi connectivity index (χ2n) is 8.23. The normalized spacial score (nSPS) is 19.2. The summed E-state index contributed by atoms with van der Waals surface area (Å²) in [5.41, 5.74) is 0.467. The van der Waals surface area contributed by atoms with Crippen molar-refractivity contribution in [3.05, 3.63) is 17.2 Å². The monoisotopic (exact) mass is 488 g/mol. The Morgan fingerprint density at radius 2 is 1.72 bits per heavy atom. The molecule has 1 N–H and O–H groups in total. The van der Waals surface area contributed by atoms with E-state index >= 15 is 0 Å². The van der Waals surface area contributed by atoms with Crippen molar-refractivity contribution in [2.24, 2.45) is 0 Å².